The largest absolute Gasteiger partial charge is 0.326 e. The van der Waals surface area contributed by atoms with E-state index in [1.165, 1.54) is 16.7 Å². The highest BCUT2D eigenvalue weighted by Gasteiger charge is 2.34. The lowest BCUT2D eigenvalue weighted by Gasteiger charge is -2.41. The van der Waals surface area contributed by atoms with E-state index >= 15 is 0 Å². The van der Waals surface area contributed by atoms with Crippen molar-refractivity contribution in [2.45, 2.75) is 26.3 Å². The lowest BCUT2D eigenvalue weighted by Crippen LogP contribution is -2.55. The van der Waals surface area contributed by atoms with Crippen molar-refractivity contribution < 1.29 is 4.79 Å². The van der Waals surface area contributed by atoms with Crippen LogP contribution in [0.15, 0.2) is 0 Å². The predicted molar refractivity (Wildman–Crippen MR) is 54.9 cm³/mol. The standard InChI is InChI=1S/C8H15N3OS/c1-8(2,3)11-5-13-6(9)10(4)7(11)12/h9H,5H2,1-4H3. The van der Waals surface area contributed by atoms with E-state index in [0.717, 1.165) is 0 Å². The van der Waals surface area contributed by atoms with Gasteiger partial charge in [-0.2, -0.15) is 0 Å². The molecule has 1 rings (SSSR count). The molecule has 74 valence electrons. The Kier molecular flexibility index (Phi) is 2.56. The molecule has 1 aliphatic rings. The second kappa shape index (κ2) is 3.21. The summed E-state index contributed by atoms with van der Waals surface area (Å²) in [6.07, 6.45) is 0. The molecule has 1 saturated heterocycles. The lowest BCUT2D eigenvalue weighted by molar-refractivity contribution is 0.144. The van der Waals surface area contributed by atoms with Crippen molar-refractivity contribution in [2.75, 3.05) is 12.9 Å². The van der Waals surface area contributed by atoms with Gasteiger partial charge in [0.05, 0.1) is 5.88 Å². The number of rotatable bonds is 0. The van der Waals surface area contributed by atoms with Crippen LogP contribution in [0, 0.1) is 5.41 Å². The maximum atomic E-state index is 11.7. The van der Waals surface area contributed by atoms with Gasteiger partial charge < -0.3 is 4.90 Å². The van der Waals surface area contributed by atoms with Crippen molar-refractivity contribution in [3.8, 4) is 0 Å². The third kappa shape index (κ3) is 1.96. The molecule has 0 radical (unpaired) electrons. The molecule has 13 heavy (non-hydrogen) atoms. The third-order valence-electron chi connectivity index (χ3n) is 1.96. The van der Waals surface area contributed by atoms with Gasteiger partial charge in [0.2, 0.25) is 0 Å². The van der Waals surface area contributed by atoms with Gasteiger partial charge >= 0.3 is 6.03 Å². The molecule has 0 spiro atoms. The summed E-state index contributed by atoms with van der Waals surface area (Å²) in [5.41, 5.74) is -0.168. The summed E-state index contributed by atoms with van der Waals surface area (Å²) in [5, 5.41) is 7.79. The first-order valence-corrected chi connectivity index (χ1v) is 5.09. The van der Waals surface area contributed by atoms with Crippen LogP contribution in [0.3, 0.4) is 0 Å². The highest BCUT2D eigenvalue weighted by Crippen LogP contribution is 2.24. The van der Waals surface area contributed by atoms with E-state index in [2.05, 4.69) is 0 Å². The first-order chi connectivity index (χ1) is 5.84. The summed E-state index contributed by atoms with van der Waals surface area (Å²) in [7, 11) is 1.63. The van der Waals surface area contributed by atoms with Gasteiger partial charge in [0, 0.05) is 12.6 Å². The van der Waals surface area contributed by atoms with E-state index in [9.17, 15) is 4.79 Å². The van der Waals surface area contributed by atoms with Crippen molar-refractivity contribution in [1.82, 2.24) is 9.80 Å². The highest BCUT2D eigenvalue weighted by molar-refractivity contribution is 8.13. The fourth-order valence-electron chi connectivity index (χ4n) is 1.03. The van der Waals surface area contributed by atoms with Gasteiger partial charge in [-0.1, -0.05) is 11.8 Å². The minimum absolute atomic E-state index is 0.0868. The third-order valence-corrected chi connectivity index (χ3v) is 2.90. The van der Waals surface area contributed by atoms with Crippen LogP contribution < -0.4 is 0 Å². The van der Waals surface area contributed by atoms with Crippen LogP contribution in [0.4, 0.5) is 4.79 Å². The molecule has 1 heterocycles. The Bertz CT molecular complexity index is 246. The van der Waals surface area contributed by atoms with E-state index in [4.69, 9.17) is 5.41 Å². The second-order valence-electron chi connectivity index (χ2n) is 4.02. The summed E-state index contributed by atoms with van der Waals surface area (Å²) in [4.78, 5) is 14.8. The number of nitrogens with one attached hydrogen (secondary N) is 1. The molecule has 0 aromatic rings. The quantitative estimate of drug-likeness (QED) is 0.649. The van der Waals surface area contributed by atoms with Gasteiger partial charge in [0.1, 0.15) is 0 Å². The topological polar surface area (TPSA) is 47.4 Å². The Morgan fingerprint density at radius 3 is 2.46 bits per heavy atom. The van der Waals surface area contributed by atoms with Crippen molar-refractivity contribution in [3.63, 3.8) is 0 Å². The van der Waals surface area contributed by atoms with E-state index in [-0.39, 0.29) is 11.6 Å². The zero-order chi connectivity index (χ0) is 10.2. The van der Waals surface area contributed by atoms with Crippen LogP contribution in [-0.2, 0) is 0 Å². The van der Waals surface area contributed by atoms with Crippen LogP contribution >= 0.6 is 11.8 Å². The molecule has 2 amide bonds. The SMILES string of the molecule is CN1C(=N)SCN(C(C)(C)C)C1=O. The summed E-state index contributed by atoms with van der Waals surface area (Å²) in [5.74, 6) is 0.575. The molecule has 0 aromatic heterocycles. The number of carbonyl (C=O) groups is 1. The van der Waals surface area contributed by atoms with E-state index < -0.39 is 0 Å². The van der Waals surface area contributed by atoms with Gasteiger partial charge in [-0.25, -0.2) is 4.79 Å². The first kappa shape index (κ1) is 10.4. The van der Waals surface area contributed by atoms with Gasteiger partial charge in [-0.05, 0) is 20.8 Å². The van der Waals surface area contributed by atoms with Crippen LogP contribution in [0.1, 0.15) is 20.8 Å². The van der Waals surface area contributed by atoms with Gasteiger partial charge in [-0.3, -0.25) is 10.3 Å². The number of thioether (sulfide) groups is 1. The summed E-state index contributed by atoms with van der Waals surface area (Å²) in [6, 6.07) is -0.0868. The van der Waals surface area contributed by atoms with Crippen LogP contribution in [0.25, 0.3) is 0 Å². The molecular weight excluding hydrogens is 186 g/mol. The smallest absolute Gasteiger partial charge is 0.310 e. The van der Waals surface area contributed by atoms with Crippen molar-refractivity contribution in [2.24, 2.45) is 0 Å². The molecule has 0 aliphatic carbocycles. The molecule has 5 heteroatoms. The molecule has 4 nitrogen and oxygen atoms in total. The maximum absolute atomic E-state index is 11.7. The number of nitrogens with zero attached hydrogens (tertiary/aromatic N) is 2. The van der Waals surface area contributed by atoms with Gasteiger partial charge in [0.25, 0.3) is 0 Å². The van der Waals surface area contributed by atoms with E-state index in [0.29, 0.717) is 11.0 Å². The monoisotopic (exact) mass is 201 g/mol. The van der Waals surface area contributed by atoms with Crippen LogP contribution in [-0.4, -0.2) is 39.5 Å². The molecule has 0 bridgehead atoms. The minimum atomic E-state index is -0.168. The Morgan fingerprint density at radius 1 is 1.46 bits per heavy atom. The van der Waals surface area contributed by atoms with Crippen LogP contribution in [0.2, 0.25) is 0 Å². The van der Waals surface area contributed by atoms with E-state index in [1.807, 2.05) is 20.8 Å². The molecule has 1 fully saturated rings. The molecule has 0 unspecified atom stereocenters. The lowest BCUT2D eigenvalue weighted by atomic mass is 10.1. The molecule has 0 atom stereocenters. The summed E-state index contributed by atoms with van der Waals surface area (Å²) < 4.78 is 0. The predicted octanol–water partition coefficient (Wildman–Crippen LogP) is 1.78. The molecular formula is C8H15N3OS. The Morgan fingerprint density at radius 2 is 2.00 bits per heavy atom. The normalized spacial score (nSPS) is 19.7. The molecule has 1 aliphatic heterocycles. The average molecular weight is 201 g/mol. The maximum Gasteiger partial charge on any atom is 0.326 e. The van der Waals surface area contributed by atoms with Crippen molar-refractivity contribution >= 4 is 23.0 Å². The number of urea groups is 1. The number of amidine groups is 1. The number of carbonyl (C=O) groups excluding carboxylic acids is 1. The Labute approximate surface area is 82.8 Å². The fourth-order valence-corrected chi connectivity index (χ4v) is 2.05. The first-order valence-electron chi connectivity index (χ1n) is 4.10. The van der Waals surface area contributed by atoms with Crippen molar-refractivity contribution in [1.29, 1.82) is 5.41 Å². The average Bonchev–Trinajstić information content (AvgIpc) is 1.98. The zero-order valence-electron chi connectivity index (χ0n) is 8.42. The van der Waals surface area contributed by atoms with Gasteiger partial charge in [0.15, 0.2) is 5.17 Å². The molecule has 1 N–H and O–H groups in total. The van der Waals surface area contributed by atoms with Crippen LogP contribution in [0.5, 0.6) is 0 Å². The second-order valence-corrected chi connectivity index (χ2v) is 4.95. The molecule has 0 saturated carbocycles. The summed E-state index contributed by atoms with van der Waals surface area (Å²) >= 11 is 1.38. The molecule has 0 aromatic carbocycles. The Balaban J connectivity index is 2.82. The van der Waals surface area contributed by atoms with Crippen molar-refractivity contribution in [3.05, 3.63) is 0 Å². The minimum Gasteiger partial charge on any atom is -0.310 e. The Hall–Kier alpha value is -0.710. The number of hydrogen-bond acceptors (Lipinski definition) is 3. The highest BCUT2D eigenvalue weighted by atomic mass is 32.2. The summed E-state index contributed by atoms with van der Waals surface area (Å²) in [6.45, 7) is 5.98. The van der Waals surface area contributed by atoms with Gasteiger partial charge in [-0.15, -0.1) is 0 Å². The fraction of sp³-hybridized carbons (Fsp3) is 0.750. The van der Waals surface area contributed by atoms with E-state index in [1.54, 1.807) is 11.9 Å². The zero-order valence-corrected chi connectivity index (χ0v) is 9.23. The number of amides is 2. The number of hydrogen-bond donors (Lipinski definition) is 1.